The van der Waals surface area contributed by atoms with Crippen LogP contribution in [-0.4, -0.2) is 82.9 Å². The molecule has 0 saturated heterocycles. The molecule has 0 aliphatic carbocycles. The van der Waals surface area contributed by atoms with E-state index < -0.39 is 54.5 Å². The summed E-state index contributed by atoms with van der Waals surface area (Å²) >= 11 is 0. The van der Waals surface area contributed by atoms with Crippen molar-refractivity contribution in [1.29, 1.82) is 0 Å². The molecule has 3 amide bonds. The molecule has 1 aromatic carbocycles. The quantitative estimate of drug-likeness (QED) is 0.0961. The normalized spacial score (nSPS) is 14.2. The number of carboxylic acids is 1. The first kappa shape index (κ1) is 31.8. The monoisotopic (exact) mass is 524 g/mol. The molecule has 4 unspecified atom stereocenters. The summed E-state index contributed by atoms with van der Waals surface area (Å²) in [5.74, 6) is -3.36. The van der Waals surface area contributed by atoms with Crippen LogP contribution in [0.5, 0.6) is 5.75 Å². The Bertz CT molecular complexity index is 868. The Morgan fingerprint density at radius 2 is 1.24 bits per heavy atom. The van der Waals surface area contributed by atoms with E-state index in [9.17, 15) is 34.5 Å². The highest BCUT2D eigenvalue weighted by atomic mass is 16.4. The van der Waals surface area contributed by atoms with Crippen molar-refractivity contribution in [2.75, 3.05) is 19.7 Å². The molecule has 4 atom stereocenters. The molecule has 13 nitrogen and oxygen atoms in total. The molecule has 0 aliphatic rings. The van der Waals surface area contributed by atoms with E-state index in [0.29, 0.717) is 44.3 Å². The summed E-state index contributed by atoms with van der Waals surface area (Å²) in [6.07, 6.45) is 2.63. The summed E-state index contributed by atoms with van der Waals surface area (Å²) in [6.45, 7) is 0.00969. The molecule has 0 fully saturated rings. The van der Waals surface area contributed by atoms with Crippen LogP contribution in [0.15, 0.2) is 24.3 Å². The number of aliphatic carboxylic acids is 1. The molecular weight excluding hydrogens is 484 g/mol. The first-order valence-electron chi connectivity index (χ1n) is 12.3. The van der Waals surface area contributed by atoms with Crippen LogP contribution in [0, 0.1) is 0 Å². The molecule has 12 N–H and O–H groups in total. The molecular formula is C24H40N6O7. The Hall–Kier alpha value is -3.26. The van der Waals surface area contributed by atoms with E-state index in [1.165, 1.54) is 12.1 Å². The molecule has 13 heteroatoms. The second-order valence-electron chi connectivity index (χ2n) is 8.75. The smallest absolute Gasteiger partial charge is 0.326 e. The molecule has 0 aromatic heterocycles. The highest BCUT2D eigenvalue weighted by molar-refractivity contribution is 5.94. The van der Waals surface area contributed by atoms with Gasteiger partial charge in [0.1, 0.15) is 23.9 Å². The van der Waals surface area contributed by atoms with Crippen LogP contribution in [0.3, 0.4) is 0 Å². The zero-order valence-corrected chi connectivity index (χ0v) is 20.9. The number of nitrogens with two attached hydrogens (primary N) is 3. The van der Waals surface area contributed by atoms with Crippen molar-refractivity contribution in [3.8, 4) is 5.75 Å². The number of amides is 3. The minimum absolute atomic E-state index is 0.0640. The lowest BCUT2D eigenvalue weighted by atomic mass is 10.0. The Morgan fingerprint density at radius 3 is 1.76 bits per heavy atom. The number of unbranched alkanes of at least 4 members (excludes halogenated alkanes) is 2. The summed E-state index contributed by atoms with van der Waals surface area (Å²) in [7, 11) is 0. The SMILES string of the molecule is NCCCCC(NC(=O)C(CCCCN)NC(=O)C(CO)NC(=O)C(N)Cc1ccc(O)cc1)C(=O)O. The number of carbonyl (C=O) groups is 4. The van der Waals surface area contributed by atoms with E-state index >= 15 is 0 Å². The lowest BCUT2D eigenvalue weighted by Crippen LogP contribution is -2.58. The van der Waals surface area contributed by atoms with Crippen molar-refractivity contribution >= 4 is 23.7 Å². The minimum atomic E-state index is -1.39. The predicted molar refractivity (Wildman–Crippen MR) is 136 cm³/mol. The molecule has 208 valence electrons. The van der Waals surface area contributed by atoms with E-state index in [0.717, 1.165) is 0 Å². The van der Waals surface area contributed by atoms with E-state index in [4.69, 9.17) is 17.2 Å². The van der Waals surface area contributed by atoms with Gasteiger partial charge >= 0.3 is 5.97 Å². The van der Waals surface area contributed by atoms with E-state index in [1.54, 1.807) is 12.1 Å². The molecule has 37 heavy (non-hydrogen) atoms. The van der Waals surface area contributed by atoms with Crippen LogP contribution in [0.2, 0.25) is 0 Å². The van der Waals surface area contributed by atoms with Crippen molar-refractivity contribution in [2.45, 2.75) is 69.1 Å². The van der Waals surface area contributed by atoms with Crippen molar-refractivity contribution in [3.05, 3.63) is 29.8 Å². The highest BCUT2D eigenvalue weighted by Crippen LogP contribution is 2.11. The molecule has 0 heterocycles. The zero-order valence-electron chi connectivity index (χ0n) is 20.9. The maximum absolute atomic E-state index is 12.9. The van der Waals surface area contributed by atoms with Crippen LogP contribution in [0.4, 0.5) is 0 Å². The summed E-state index contributed by atoms with van der Waals surface area (Å²) in [5, 5.41) is 35.8. The second-order valence-corrected chi connectivity index (χ2v) is 8.75. The van der Waals surface area contributed by atoms with Crippen molar-refractivity contribution in [3.63, 3.8) is 0 Å². The maximum Gasteiger partial charge on any atom is 0.326 e. The van der Waals surface area contributed by atoms with Gasteiger partial charge in [-0.3, -0.25) is 14.4 Å². The molecule has 0 bridgehead atoms. The minimum Gasteiger partial charge on any atom is -0.508 e. The van der Waals surface area contributed by atoms with Gasteiger partial charge in [-0.05, 0) is 75.7 Å². The summed E-state index contributed by atoms with van der Waals surface area (Å²) in [6, 6.07) is 1.42. The third-order valence-electron chi connectivity index (χ3n) is 5.69. The molecule has 0 spiro atoms. The number of carbonyl (C=O) groups excluding carboxylic acids is 3. The van der Waals surface area contributed by atoms with E-state index in [-0.39, 0.29) is 25.0 Å². The molecule has 1 aromatic rings. The number of rotatable bonds is 18. The average molecular weight is 525 g/mol. The number of hydrogen-bond donors (Lipinski definition) is 9. The Balaban J connectivity index is 2.82. The van der Waals surface area contributed by atoms with Crippen LogP contribution in [0.1, 0.15) is 44.1 Å². The van der Waals surface area contributed by atoms with Crippen LogP contribution in [0.25, 0.3) is 0 Å². The number of phenols is 1. The number of aliphatic hydroxyl groups is 1. The second kappa shape index (κ2) is 17.2. The molecule has 1 rings (SSSR count). The summed E-state index contributed by atoms with van der Waals surface area (Å²) in [5.41, 5.74) is 17.6. The number of hydrogen-bond acceptors (Lipinski definition) is 9. The molecule has 0 aliphatic heterocycles. The Labute approximate surface area is 216 Å². The maximum atomic E-state index is 12.9. The zero-order chi connectivity index (χ0) is 27.8. The summed E-state index contributed by atoms with van der Waals surface area (Å²) in [4.78, 5) is 49.8. The van der Waals surface area contributed by atoms with Gasteiger partial charge < -0.3 is 48.5 Å². The lowest BCUT2D eigenvalue weighted by molar-refractivity contribution is -0.142. The molecule has 0 saturated carbocycles. The fourth-order valence-electron chi connectivity index (χ4n) is 3.51. The van der Waals surface area contributed by atoms with Gasteiger partial charge in [0.2, 0.25) is 17.7 Å². The first-order chi connectivity index (χ1) is 17.6. The Morgan fingerprint density at radius 1 is 0.757 bits per heavy atom. The van der Waals surface area contributed by atoms with Gasteiger partial charge in [-0.1, -0.05) is 12.1 Å². The lowest BCUT2D eigenvalue weighted by Gasteiger charge is -2.24. The largest absolute Gasteiger partial charge is 0.508 e. The van der Waals surface area contributed by atoms with Crippen molar-refractivity contribution < 1.29 is 34.5 Å². The number of carboxylic acid groups (broad SMARTS) is 1. The number of benzene rings is 1. The summed E-state index contributed by atoms with van der Waals surface area (Å²) < 4.78 is 0. The fraction of sp³-hybridized carbons (Fsp3) is 0.583. The number of aliphatic hydroxyl groups excluding tert-OH is 1. The van der Waals surface area contributed by atoms with Gasteiger partial charge in [0, 0.05) is 0 Å². The van der Waals surface area contributed by atoms with Crippen LogP contribution < -0.4 is 33.2 Å². The first-order valence-corrected chi connectivity index (χ1v) is 12.3. The number of nitrogens with one attached hydrogen (secondary N) is 3. The van der Waals surface area contributed by atoms with E-state index in [1.807, 2.05) is 0 Å². The van der Waals surface area contributed by atoms with Gasteiger partial charge in [-0.2, -0.15) is 0 Å². The molecule has 0 radical (unpaired) electrons. The van der Waals surface area contributed by atoms with Gasteiger partial charge in [0.15, 0.2) is 0 Å². The number of aromatic hydroxyl groups is 1. The topological polar surface area (TPSA) is 243 Å². The Kier molecular flexibility index (Phi) is 14.8. The van der Waals surface area contributed by atoms with Crippen molar-refractivity contribution in [2.24, 2.45) is 17.2 Å². The van der Waals surface area contributed by atoms with Crippen LogP contribution >= 0.6 is 0 Å². The van der Waals surface area contributed by atoms with E-state index in [2.05, 4.69) is 16.0 Å². The standard InChI is InChI=1S/C24H40N6O7/c25-11-3-1-5-18(22(34)29-19(24(36)37)6-2-4-12-26)28-23(35)20(14-31)30-21(33)17(27)13-15-7-9-16(32)10-8-15/h7-10,17-20,31-32H,1-6,11-14,25-27H2,(H,28,35)(H,29,34)(H,30,33)(H,36,37). The van der Waals surface area contributed by atoms with Crippen molar-refractivity contribution in [1.82, 2.24) is 16.0 Å². The highest BCUT2D eigenvalue weighted by Gasteiger charge is 2.29. The average Bonchev–Trinajstić information content (AvgIpc) is 2.87. The van der Waals surface area contributed by atoms with Gasteiger partial charge in [0.05, 0.1) is 12.6 Å². The van der Waals surface area contributed by atoms with Crippen LogP contribution in [-0.2, 0) is 25.6 Å². The third kappa shape index (κ3) is 12.0. The third-order valence-corrected chi connectivity index (χ3v) is 5.69. The predicted octanol–water partition coefficient (Wildman–Crippen LogP) is -1.95. The van der Waals surface area contributed by atoms with Gasteiger partial charge in [0.25, 0.3) is 0 Å². The van der Waals surface area contributed by atoms with Gasteiger partial charge in [-0.25, -0.2) is 4.79 Å². The number of phenolic OH excluding ortho intramolecular Hbond substituents is 1. The fourth-order valence-corrected chi connectivity index (χ4v) is 3.51. The van der Waals surface area contributed by atoms with Gasteiger partial charge in [-0.15, -0.1) is 0 Å².